The van der Waals surface area contributed by atoms with Gasteiger partial charge in [0.1, 0.15) is 0 Å². The molecule has 0 amide bonds. The Hall–Kier alpha value is -0.810. The zero-order valence-corrected chi connectivity index (χ0v) is 17.7. The Morgan fingerprint density at radius 3 is 2.56 bits per heavy atom. The van der Waals surface area contributed by atoms with Crippen molar-refractivity contribution in [3.05, 3.63) is 0 Å². The first-order valence-corrected chi connectivity index (χ1v) is 10.0. The molecule has 1 heterocycles. The van der Waals surface area contributed by atoms with Crippen molar-refractivity contribution in [2.45, 2.75) is 60.5 Å². The number of nitrogens with one attached hydrogen (secondary N) is 2. The van der Waals surface area contributed by atoms with Crippen LogP contribution in [0.3, 0.4) is 0 Å². The van der Waals surface area contributed by atoms with E-state index in [1.165, 1.54) is 32.5 Å². The minimum Gasteiger partial charge on any atom is -0.379 e. The van der Waals surface area contributed by atoms with Gasteiger partial charge in [0.2, 0.25) is 0 Å². The summed E-state index contributed by atoms with van der Waals surface area (Å²) in [6, 6.07) is 0. The average Bonchev–Trinajstić information content (AvgIpc) is 2.51. The van der Waals surface area contributed by atoms with Crippen LogP contribution in [-0.2, 0) is 4.74 Å². The third-order valence-corrected chi connectivity index (χ3v) is 4.79. The fourth-order valence-electron chi connectivity index (χ4n) is 3.46. The summed E-state index contributed by atoms with van der Waals surface area (Å²) >= 11 is 0. The van der Waals surface area contributed by atoms with Crippen LogP contribution in [0.1, 0.15) is 54.4 Å². The van der Waals surface area contributed by atoms with Gasteiger partial charge in [0.15, 0.2) is 5.96 Å². The molecule has 0 aromatic heterocycles. The van der Waals surface area contributed by atoms with E-state index in [-0.39, 0.29) is 11.5 Å². The Bertz CT molecular complexity index is 390. The molecule has 1 aliphatic heterocycles. The molecule has 1 aliphatic rings. The van der Waals surface area contributed by atoms with Crippen LogP contribution in [0.15, 0.2) is 4.99 Å². The van der Waals surface area contributed by atoms with Crippen LogP contribution in [0.2, 0.25) is 0 Å². The van der Waals surface area contributed by atoms with Crippen LogP contribution in [0.5, 0.6) is 0 Å². The molecule has 2 unspecified atom stereocenters. The van der Waals surface area contributed by atoms with E-state index >= 15 is 0 Å². The Kier molecular flexibility index (Phi) is 9.80. The van der Waals surface area contributed by atoms with Crippen LogP contribution < -0.4 is 10.6 Å². The van der Waals surface area contributed by atoms with Crippen LogP contribution in [-0.4, -0.2) is 63.3 Å². The van der Waals surface area contributed by atoms with Gasteiger partial charge >= 0.3 is 0 Å². The number of hydrogen-bond acceptors (Lipinski definition) is 3. The first-order chi connectivity index (χ1) is 11.8. The zero-order valence-electron chi connectivity index (χ0n) is 17.7. The quantitative estimate of drug-likeness (QED) is 0.520. The van der Waals surface area contributed by atoms with Crippen molar-refractivity contribution in [1.82, 2.24) is 15.5 Å². The number of piperidine rings is 1. The number of ether oxygens (including phenoxy) is 1. The summed E-state index contributed by atoms with van der Waals surface area (Å²) in [5.41, 5.74) is 0.0935. The standard InChI is InChI=1S/C20H42N4O/c1-8-21-19(23-13-18(25-7)20(4,5)6)22-12-17-10-9-11-24(15-17)14-16(2)3/h16-18H,8-15H2,1-7H3,(H2,21,22,23). The maximum atomic E-state index is 5.62. The zero-order chi connectivity index (χ0) is 18.9. The van der Waals surface area contributed by atoms with Gasteiger partial charge in [-0.05, 0) is 43.6 Å². The predicted octanol–water partition coefficient (Wildman–Crippen LogP) is 2.97. The van der Waals surface area contributed by atoms with E-state index in [0.29, 0.717) is 12.5 Å². The highest BCUT2D eigenvalue weighted by atomic mass is 16.5. The summed E-state index contributed by atoms with van der Waals surface area (Å²) in [6.07, 6.45) is 2.74. The van der Waals surface area contributed by atoms with Gasteiger partial charge < -0.3 is 20.3 Å². The lowest BCUT2D eigenvalue weighted by Crippen LogP contribution is -2.45. The molecular formula is C20H42N4O. The van der Waals surface area contributed by atoms with E-state index in [4.69, 9.17) is 9.73 Å². The third kappa shape index (κ3) is 8.91. The fraction of sp³-hybridized carbons (Fsp3) is 0.950. The molecule has 0 saturated carbocycles. The second-order valence-electron chi connectivity index (χ2n) is 8.85. The summed E-state index contributed by atoms with van der Waals surface area (Å²) in [4.78, 5) is 7.37. The first-order valence-electron chi connectivity index (χ1n) is 10.0. The molecule has 0 aromatic carbocycles. The maximum absolute atomic E-state index is 5.62. The van der Waals surface area contributed by atoms with Gasteiger partial charge in [-0.25, -0.2) is 0 Å². The SMILES string of the molecule is CCNC(=NCC(OC)C(C)(C)C)NCC1CCCN(CC(C)C)C1. The fourth-order valence-corrected chi connectivity index (χ4v) is 3.46. The van der Waals surface area contributed by atoms with Gasteiger partial charge in [-0.15, -0.1) is 0 Å². The van der Waals surface area contributed by atoms with Crippen LogP contribution in [0.25, 0.3) is 0 Å². The molecule has 5 nitrogen and oxygen atoms in total. The van der Waals surface area contributed by atoms with E-state index in [1.807, 2.05) is 0 Å². The molecule has 0 aliphatic carbocycles. The molecule has 1 saturated heterocycles. The van der Waals surface area contributed by atoms with E-state index in [1.54, 1.807) is 7.11 Å². The van der Waals surface area contributed by atoms with Gasteiger partial charge in [-0.3, -0.25) is 4.99 Å². The van der Waals surface area contributed by atoms with Crippen molar-refractivity contribution in [1.29, 1.82) is 0 Å². The van der Waals surface area contributed by atoms with Crippen molar-refractivity contribution < 1.29 is 4.74 Å². The predicted molar refractivity (Wildman–Crippen MR) is 108 cm³/mol. The molecule has 2 N–H and O–H groups in total. The summed E-state index contributed by atoms with van der Waals surface area (Å²) < 4.78 is 5.62. The minimum absolute atomic E-state index is 0.0935. The van der Waals surface area contributed by atoms with E-state index in [2.05, 4.69) is 57.1 Å². The number of likely N-dealkylation sites (tertiary alicyclic amines) is 1. The molecule has 1 fully saturated rings. The number of nitrogens with zero attached hydrogens (tertiary/aromatic N) is 2. The number of rotatable bonds is 8. The van der Waals surface area contributed by atoms with Gasteiger partial charge in [-0.1, -0.05) is 34.6 Å². The highest BCUT2D eigenvalue weighted by Gasteiger charge is 2.24. The lowest BCUT2D eigenvalue weighted by molar-refractivity contribution is 0.0241. The lowest BCUT2D eigenvalue weighted by atomic mass is 9.89. The minimum atomic E-state index is 0.0935. The third-order valence-electron chi connectivity index (χ3n) is 4.79. The van der Waals surface area contributed by atoms with E-state index in [9.17, 15) is 0 Å². The van der Waals surface area contributed by atoms with Crippen molar-refractivity contribution >= 4 is 5.96 Å². The molecule has 148 valence electrons. The van der Waals surface area contributed by atoms with Crippen LogP contribution >= 0.6 is 0 Å². The average molecular weight is 355 g/mol. The van der Waals surface area contributed by atoms with Crippen molar-refractivity contribution in [3.63, 3.8) is 0 Å². The molecule has 1 rings (SSSR count). The van der Waals surface area contributed by atoms with Crippen molar-refractivity contribution in [2.24, 2.45) is 22.2 Å². The summed E-state index contributed by atoms with van der Waals surface area (Å²) in [6.45, 7) is 19.5. The van der Waals surface area contributed by atoms with Gasteiger partial charge in [0, 0.05) is 33.3 Å². The molecule has 0 aromatic rings. The highest BCUT2D eigenvalue weighted by molar-refractivity contribution is 5.79. The van der Waals surface area contributed by atoms with Crippen LogP contribution in [0, 0.1) is 17.3 Å². The Labute approximate surface area is 156 Å². The molecular weight excluding hydrogens is 312 g/mol. The summed E-state index contributed by atoms with van der Waals surface area (Å²) in [7, 11) is 1.77. The van der Waals surface area contributed by atoms with E-state index in [0.717, 1.165) is 25.0 Å². The second-order valence-corrected chi connectivity index (χ2v) is 8.85. The first kappa shape index (κ1) is 22.2. The number of aliphatic imine (C=N–C) groups is 1. The smallest absolute Gasteiger partial charge is 0.191 e. The Morgan fingerprint density at radius 2 is 2.00 bits per heavy atom. The lowest BCUT2D eigenvalue weighted by Gasteiger charge is -2.34. The van der Waals surface area contributed by atoms with Gasteiger partial charge in [0.05, 0.1) is 12.6 Å². The van der Waals surface area contributed by atoms with Gasteiger partial charge in [0.25, 0.3) is 0 Å². The molecule has 5 heteroatoms. The molecule has 0 spiro atoms. The Morgan fingerprint density at radius 1 is 1.28 bits per heavy atom. The van der Waals surface area contributed by atoms with E-state index < -0.39 is 0 Å². The number of guanidine groups is 1. The molecule has 25 heavy (non-hydrogen) atoms. The number of methoxy groups -OCH3 is 1. The molecule has 2 atom stereocenters. The van der Waals surface area contributed by atoms with Crippen molar-refractivity contribution in [3.8, 4) is 0 Å². The summed E-state index contributed by atoms with van der Waals surface area (Å²) in [5.74, 6) is 2.36. The molecule has 0 radical (unpaired) electrons. The normalized spacial score (nSPS) is 21.4. The second kappa shape index (κ2) is 11.0. The van der Waals surface area contributed by atoms with Crippen molar-refractivity contribution in [2.75, 3.05) is 46.4 Å². The Balaban J connectivity index is 2.52. The highest BCUT2D eigenvalue weighted by Crippen LogP contribution is 2.22. The maximum Gasteiger partial charge on any atom is 0.191 e. The van der Waals surface area contributed by atoms with Crippen LogP contribution in [0.4, 0.5) is 0 Å². The summed E-state index contributed by atoms with van der Waals surface area (Å²) in [5, 5.41) is 6.92. The number of hydrogen-bond donors (Lipinski definition) is 2. The van der Waals surface area contributed by atoms with Gasteiger partial charge in [-0.2, -0.15) is 0 Å². The monoisotopic (exact) mass is 354 g/mol. The largest absolute Gasteiger partial charge is 0.379 e. The topological polar surface area (TPSA) is 48.9 Å². The molecule has 0 bridgehead atoms.